The number of unbranched alkanes of at least 4 members (excludes halogenated alkanes) is 3. The van der Waals surface area contributed by atoms with Crippen LogP contribution in [0, 0.1) is 10.1 Å². The standard InChI is InChI=1S/C21H30N5O6P/c1-2-3-13-33(30,31)16-9-8-15(14-16)23-19(27)7-5-4-6-12-22-17-10-11-18(26(28)29)21-20(17)24-32-25-21/h9-11,15,22H,2-8,12-14H2,1H3,(H,23,27)(H,30,31)/t15-/m0/s1. The van der Waals surface area contributed by atoms with E-state index in [9.17, 15) is 24.4 Å². The first-order valence-electron chi connectivity index (χ1n) is 11.3. The van der Waals surface area contributed by atoms with Crippen LogP contribution in [0.2, 0.25) is 0 Å². The van der Waals surface area contributed by atoms with Crippen molar-refractivity contribution in [2.24, 2.45) is 0 Å². The molecule has 180 valence electrons. The van der Waals surface area contributed by atoms with Gasteiger partial charge in [-0.2, -0.15) is 0 Å². The third-order valence-corrected chi connectivity index (χ3v) is 7.89. The molecule has 33 heavy (non-hydrogen) atoms. The van der Waals surface area contributed by atoms with Crippen molar-refractivity contribution in [2.45, 2.75) is 64.3 Å². The Morgan fingerprint density at radius 1 is 1.27 bits per heavy atom. The summed E-state index contributed by atoms with van der Waals surface area (Å²) in [6.07, 6.45) is 7.52. The second-order valence-electron chi connectivity index (χ2n) is 8.27. The highest BCUT2D eigenvalue weighted by Gasteiger charge is 2.30. The number of non-ortho nitro benzene ring substituents is 1. The number of nitrogens with zero attached hydrogens (tertiary/aromatic N) is 3. The number of nitro benzene ring substituents is 1. The fourth-order valence-electron chi connectivity index (χ4n) is 3.86. The van der Waals surface area contributed by atoms with E-state index >= 15 is 0 Å². The molecule has 1 heterocycles. The number of hydrogen-bond donors (Lipinski definition) is 3. The summed E-state index contributed by atoms with van der Waals surface area (Å²) in [5, 5.41) is 25.1. The van der Waals surface area contributed by atoms with E-state index in [0.29, 0.717) is 48.5 Å². The molecule has 1 aliphatic rings. The van der Waals surface area contributed by atoms with Crippen LogP contribution in [0.5, 0.6) is 0 Å². The van der Waals surface area contributed by atoms with E-state index in [-0.39, 0.29) is 23.2 Å². The molecule has 12 heteroatoms. The lowest BCUT2D eigenvalue weighted by molar-refractivity contribution is -0.383. The summed E-state index contributed by atoms with van der Waals surface area (Å²) in [6.45, 7) is 2.60. The average molecular weight is 479 g/mol. The number of nitro groups is 1. The lowest BCUT2D eigenvalue weighted by Crippen LogP contribution is -2.32. The Morgan fingerprint density at radius 2 is 2.06 bits per heavy atom. The summed E-state index contributed by atoms with van der Waals surface area (Å²) < 4.78 is 17.1. The van der Waals surface area contributed by atoms with Crippen LogP contribution in [0.15, 0.2) is 28.2 Å². The summed E-state index contributed by atoms with van der Waals surface area (Å²) in [4.78, 5) is 32.9. The number of carbonyl (C=O) groups is 1. The first kappa shape index (κ1) is 24.9. The van der Waals surface area contributed by atoms with Gasteiger partial charge in [0.2, 0.25) is 18.8 Å². The van der Waals surface area contributed by atoms with Gasteiger partial charge >= 0.3 is 5.69 Å². The van der Waals surface area contributed by atoms with Gasteiger partial charge in [0.1, 0.15) is 0 Å². The molecule has 1 aromatic carbocycles. The molecule has 11 nitrogen and oxygen atoms in total. The zero-order valence-electron chi connectivity index (χ0n) is 18.7. The van der Waals surface area contributed by atoms with Gasteiger partial charge in [-0.3, -0.25) is 19.5 Å². The molecule has 3 N–H and O–H groups in total. The summed E-state index contributed by atoms with van der Waals surface area (Å²) >= 11 is 0. The lowest BCUT2D eigenvalue weighted by Gasteiger charge is -2.16. The van der Waals surface area contributed by atoms with E-state index in [4.69, 9.17) is 0 Å². The van der Waals surface area contributed by atoms with Crippen molar-refractivity contribution in [1.29, 1.82) is 0 Å². The van der Waals surface area contributed by atoms with Gasteiger partial charge in [0.05, 0.1) is 10.6 Å². The van der Waals surface area contributed by atoms with Crippen LogP contribution in [-0.4, -0.2) is 44.8 Å². The number of nitrogens with one attached hydrogen (secondary N) is 2. The molecule has 2 atom stereocenters. The van der Waals surface area contributed by atoms with E-state index < -0.39 is 12.3 Å². The number of hydrogen-bond acceptors (Lipinski definition) is 8. The van der Waals surface area contributed by atoms with Gasteiger partial charge in [0.25, 0.3) is 0 Å². The molecule has 0 saturated carbocycles. The van der Waals surface area contributed by atoms with Crippen LogP contribution < -0.4 is 10.6 Å². The Balaban J connectivity index is 1.33. The van der Waals surface area contributed by atoms with E-state index in [0.717, 1.165) is 32.1 Å². The SMILES string of the molecule is CCCCP(=O)(O)C1=CC[C@H](NC(=O)CCCCCNc2ccc([N+](=O)[O-])c3nonc23)C1. The summed E-state index contributed by atoms with van der Waals surface area (Å²) in [6, 6.07) is 2.84. The van der Waals surface area contributed by atoms with Crippen molar-refractivity contribution in [1.82, 2.24) is 15.6 Å². The fourth-order valence-corrected chi connectivity index (χ4v) is 5.79. The maximum Gasteiger partial charge on any atom is 0.300 e. The second-order valence-corrected chi connectivity index (χ2v) is 10.7. The smallest absolute Gasteiger partial charge is 0.300 e. The van der Waals surface area contributed by atoms with Gasteiger partial charge in [0.15, 0.2) is 5.52 Å². The van der Waals surface area contributed by atoms with Crippen molar-refractivity contribution in [3.63, 3.8) is 0 Å². The van der Waals surface area contributed by atoms with E-state index in [1.165, 1.54) is 6.07 Å². The lowest BCUT2D eigenvalue weighted by atomic mass is 10.1. The van der Waals surface area contributed by atoms with Crippen LogP contribution in [0.25, 0.3) is 11.0 Å². The van der Waals surface area contributed by atoms with Crippen molar-refractivity contribution in [3.05, 3.63) is 33.6 Å². The number of aromatic nitrogens is 2. The zero-order chi connectivity index (χ0) is 23.8. The molecule has 0 fully saturated rings. The Bertz CT molecular complexity index is 1070. The Hall–Kier alpha value is -2.78. The molecule has 1 aliphatic carbocycles. The fraction of sp³-hybridized carbons (Fsp3) is 0.571. The average Bonchev–Trinajstić information content (AvgIpc) is 3.45. The van der Waals surface area contributed by atoms with Crippen LogP contribution in [0.3, 0.4) is 0 Å². The number of benzene rings is 1. The largest absolute Gasteiger partial charge is 0.383 e. The van der Waals surface area contributed by atoms with Crippen molar-refractivity contribution >= 4 is 35.7 Å². The quantitative estimate of drug-likeness (QED) is 0.164. The van der Waals surface area contributed by atoms with Crippen molar-refractivity contribution in [2.75, 3.05) is 18.0 Å². The van der Waals surface area contributed by atoms with Gasteiger partial charge in [-0.1, -0.05) is 25.8 Å². The maximum atomic E-state index is 12.4. The van der Waals surface area contributed by atoms with Gasteiger partial charge in [-0.15, -0.1) is 0 Å². The second kappa shape index (κ2) is 11.4. The predicted molar refractivity (Wildman–Crippen MR) is 124 cm³/mol. The van der Waals surface area contributed by atoms with Crippen LogP contribution in [0.1, 0.15) is 58.3 Å². The predicted octanol–water partition coefficient (Wildman–Crippen LogP) is 4.34. The van der Waals surface area contributed by atoms with E-state index in [2.05, 4.69) is 25.6 Å². The van der Waals surface area contributed by atoms with Gasteiger partial charge in [-0.25, -0.2) is 4.63 Å². The highest BCUT2D eigenvalue weighted by Crippen LogP contribution is 2.54. The summed E-state index contributed by atoms with van der Waals surface area (Å²) in [5.74, 6) is -0.0466. The highest BCUT2D eigenvalue weighted by molar-refractivity contribution is 7.62. The van der Waals surface area contributed by atoms with Gasteiger partial charge in [-0.05, 0) is 48.5 Å². The minimum Gasteiger partial charge on any atom is -0.383 e. The molecular weight excluding hydrogens is 449 g/mol. The first-order valence-corrected chi connectivity index (χ1v) is 13.1. The molecule has 0 aliphatic heterocycles. The Labute approximate surface area is 191 Å². The van der Waals surface area contributed by atoms with Crippen molar-refractivity contribution < 1.29 is 23.8 Å². The molecule has 3 rings (SSSR count). The third-order valence-electron chi connectivity index (χ3n) is 5.71. The number of anilines is 1. The minimum absolute atomic E-state index is 0.0466. The number of amides is 1. The number of fused-ring (bicyclic) bond motifs is 1. The van der Waals surface area contributed by atoms with Crippen LogP contribution in [0.4, 0.5) is 11.4 Å². The molecule has 0 saturated heterocycles. The molecular formula is C21H30N5O6P. The summed E-state index contributed by atoms with van der Waals surface area (Å²) in [5.41, 5.74) is 0.874. The third kappa shape index (κ3) is 6.61. The molecule has 1 amide bonds. The minimum atomic E-state index is -3.26. The first-order chi connectivity index (χ1) is 15.8. The van der Waals surface area contributed by atoms with Gasteiger partial charge < -0.3 is 15.5 Å². The monoisotopic (exact) mass is 479 g/mol. The van der Waals surface area contributed by atoms with E-state index in [1.807, 2.05) is 13.0 Å². The molecule has 1 unspecified atom stereocenters. The molecule has 2 aromatic rings. The molecule has 0 radical (unpaired) electrons. The van der Waals surface area contributed by atoms with Gasteiger partial charge in [0, 0.05) is 36.5 Å². The van der Waals surface area contributed by atoms with E-state index in [1.54, 1.807) is 6.07 Å². The highest BCUT2D eigenvalue weighted by atomic mass is 31.2. The normalized spacial score (nSPS) is 17.5. The Kier molecular flexibility index (Phi) is 8.57. The Morgan fingerprint density at radius 3 is 2.82 bits per heavy atom. The van der Waals surface area contributed by atoms with Crippen molar-refractivity contribution in [3.8, 4) is 0 Å². The van der Waals surface area contributed by atoms with Crippen LogP contribution in [-0.2, 0) is 9.36 Å². The molecule has 0 spiro atoms. The molecule has 0 bridgehead atoms. The summed E-state index contributed by atoms with van der Waals surface area (Å²) in [7, 11) is -3.26. The zero-order valence-corrected chi connectivity index (χ0v) is 19.6. The topological polar surface area (TPSA) is 160 Å². The maximum absolute atomic E-state index is 12.4. The number of rotatable bonds is 13. The number of carbonyl (C=O) groups excluding carboxylic acids is 1. The van der Waals surface area contributed by atoms with Crippen LogP contribution >= 0.6 is 7.37 Å². The molecule has 1 aromatic heterocycles.